The quantitative estimate of drug-likeness (QED) is 0.386. The van der Waals surface area contributed by atoms with Gasteiger partial charge in [0.2, 0.25) is 0 Å². The minimum Gasteiger partial charge on any atom is -0.459 e. The molecule has 4 unspecified atom stereocenters. The molecule has 3 aliphatic rings. The summed E-state index contributed by atoms with van der Waals surface area (Å²) >= 11 is 0. The summed E-state index contributed by atoms with van der Waals surface area (Å²) in [6.07, 6.45) is -4.56. The van der Waals surface area contributed by atoms with Gasteiger partial charge in [0.1, 0.15) is 23.9 Å². The summed E-state index contributed by atoms with van der Waals surface area (Å²) in [5, 5.41) is 12.4. The van der Waals surface area contributed by atoms with Crippen LogP contribution in [0.25, 0.3) is 0 Å². The topological polar surface area (TPSA) is 135 Å². The number of aliphatic hydroxyl groups is 1. The van der Waals surface area contributed by atoms with Crippen LogP contribution >= 0.6 is 0 Å². The molecular weight excluding hydrogens is 556 g/mol. The second-order valence-corrected chi connectivity index (χ2v) is 12.7. The number of carbonyl (C=O) groups excluding carboxylic acids is 4. The number of hydrogen-bond donors (Lipinski definition) is 1. The highest BCUT2D eigenvalue weighted by Crippen LogP contribution is 2.69. The van der Waals surface area contributed by atoms with Crippen LogP contribution in [0.15, 0.2) is 60.7 Å². The van der Waals surface area contributed by atoms with Gasteiger partial charge in [-0.25, -0.2) is 9.59 Å². The lowest BCUT2D eigenvalue weighted by Gasteiger charge is -2.65. The molecule has 1 heterocycles. The summed E-state index contributed by atoms with van der Waals surface area (Å²) in [4.78, 5) is 52.1. The van der Waals surface area contributed by atoms with Crippen LogP contribution in [-0.4, -0.2) is 70.2 Å². The molecule has 3 fully saturated rings. The average molecular weight is 595 g/mol. The first kappa shape index (κ1) is 30.7. The normalized spacial score (nSPS) is 35.7. The summed E-state index contributed by atoms with van der Waals surface area (Å²) in [6.45, 7) is 9.34. The van der Waals surface area contributed by atoms with Crippen molar-refractivity contribution in [3.8, 4) is 0 Å². The molecule has 8 atom stereocenters. The summed E-state index contributed by atoms with van der Waals surface area (Å²) in [6, 6.07) is 16.7. The molecule has 0 aromatic heterocycles. The molecule has 230 valence electrons. The lowest BCUT2D eigenvalue weighted by atomic mass is 9.47. The average Bonchev–Trinajstić information content (AvgIpc) is 3.12. The van der Waals surface area contributed by atoms with Crippen LogP contribution in [0.1, 0.15) is 75.1 Å². The lowest BCUT2D eigenvalue weighted by Crippen LogP contribution is -2.81. The maximum absolute atomic E-state index is 13.6. The Kier molecular flexibility index (Phi) is 7.67. The molecule has 0 amide bonds. The van der Waals surface area contributed by atoms with Crippen molar-refractivity contribution >= 4 is 23.9 Å². The highest BCUT2D eigenvalue weighted by Gasteiger charge is 2.84. The fourth-order valence-corrected chi connectivity index (χ4v) is 7.72. The molecule has 5 rings (SSSR count). The zero-order valence-electron chi connectivity index (χ0n) is 25.2. The number of benzene rings is 2. The molecule has 2 aliphatic carbocycles. The van der Waals surface area contributed by atoms with Gasteiger partial charge in [0, 0.05) is 26.2 Å². The van der Waals surface area contributed by atoms with E-state index in [1.54, 1.807) is 67.6 Å². The molecule has 2 aromatic carbocycles. The largest absolute Gasteiger partial charge is 0.459 e. The van der Waals surface area contributed by atoms with Crippen LogP contribution in [0.2, 0.25) is 0 Å². The summed E-state index contributed by atoms with van der Waals surface area (Å²) in [5.41, 5.74) is -5.59. The van der Waals surface area contributed by atoms with Gasteiger partial charge in [-0.1, -0.05) is 36.4 Å². The van der Waals surface area contributed by atoms with E-state index >= 15 is 0 Å². The lowest BCUT2D eigenvalue weighted by molar-refractivity contribution is -0.342. The van der Waals surface area contributed by atoms with Gasteiger partial charge in [-0.3, -0.25) is 9.59 Å². The van der Waals surface area contributed by atoms with Crippen molar-refractivity contribution in [2.24, 2.45) is 11.3 Å². The standard InChI is InChI=1S/C33H38O10/c1-19(34)39-24-18-31(5,38)33-26(40-20(2)35)23(30(3,4)43-33)17-25(41-28(36)21-13-9-7-10-14-21)32(33,6)27(24)42-29(37)22-15-11-8-12-16-22/h7-16,23-27,38H,17-18H2,1-6H3/t23-,24?,25?,26?,27?,31-,32+,33+/m1/s1. The number of carbonyl (C=O) groups is 4. The molecule has 2 saturated carbocycles. The van der Waals surface area contributed by atoms with E-state index in [1.165, 1.54) is 20.8 Å². The molecule has 1 aliphatic heterocycles. The van der Waals surface area contributed by atoms with Crippen molar-refractivity contribution in [2.45, 2.75) is 95.6 Å². The van der Waals surface area contributed by atoms with Gasteiger partial charge in [-0.05, 0) is 58.4 Å². The Morgan fingerprint density at radius 1 is 0.744 bits per heavy atom. The Balaban J connectivity index is 1.72. The highest BCUT2D eigenvalue weighted by molar-refractivity contribution is 5.90. The van der Waals surface area contributed by atoms with Crippen LogP contribution in [0.3, 0.4) is 0 Å². The molecular formula is C33H38O10. The molecule has 0 radical (unpaired) electrons. The smallest absolute Gasteiger partial charge is 0.338 e. The van der Waals surface area contributed by atoms with E-state index in [9.17, 15) is 24.3 Å². The first-order chi connectivity index (χ1) is 20.1. The van der Waals surface area contributed by atoms with Crippen molar-refractivity contribution in [3.05, 3.63) is 71.8 Å². The molecule has 43 heavy (non-hydrogen) atoms. The Labute approximate surface area is 250 Å². The van der Waals surface area contributed by atoms with Crippen LogP contribution in [0, 0.1) is 11.3 Å². The number of hydrogen-bond acceptors (Lipinski definition) is 10. The SMILES string of the molecule is CC(=O)OC1C[C@@](C)(O)[C@]23OC(C)(C)[C@H](CC(OC(=O)c4ccccc4)[C@@]2(C)C1OC(=O)c1ccccc1)C3OC(C)=O. The van der Waals surface area contributed by atoms with E-state index < -0.39 is 76.4 Å². The monoisotopic (exact) mass is 594 g/mol. The number of fused-ring (bicyclic) bond motifs is 1. The van der Waals surface area contributed by atoms with Gasteiger partial charge in [0.15, 0.2) is 6.10 Å². The van der Waals surface area contributed by atoms with Crippen molar-refractivity contribution in [1.82, 2.24) is 0 Å². The zero-order chi connectivity index (χ0) is 31.4. The molecule has 1 spiro atoms. The van der Waals surface area contributed by atoms with Crippen molar-refractivity contribution in [3.63, 3.8) is 0 Å². The second-order valence-electron chi connectivity index (χ2n) is 12.7. The fourth-order valence-electron chi connectivity index (χ4n) is 7.72. The van der Waals surface area contributed by atoms with Crippen LogP contribution in [0.4, 0.5) is 0 Å². The van der Waals surface area contributed by atoms with Gasteiger partial charge in [0.05, 0.1) is 27.7 Å². The third-order valence-corrected chi connectivity index (χ3v) is 9.46. The van der Waals surface area contributed by atoms with Crippen molar-refractivity contribution in [2.75, 3.05) is 0 Å². The number of rotatable bonds is 6. The van der Waals surface area contributed by atoms with E-state index in [0.717, 1.165) is 0 Å². The Bertz CT molecular complexity index is 1400. The number of esters is 4. The van der Waals surface area contributed by atoms with Gasteiger partial charge in [0.25, 0.3) is 0 Å². The van der Waals surface area contributed by atoms with Crippen molar-refractivity contribution in [1.29, 1.82) is 0 Å². The van der Waals surface area contributed by atoms with Crippen molar-refractivity contribution < 1.29 is 48.0 Å². The van der Waals surface area contributed by atoms with Gasteiger partial charge in [-0.2, -0.15) is 0 Å². The summed E-state index contributed by atoms with van der Waals surface area (Å²) in [5.74, 6) is -3.10. The van der Waals surface area contributed by atoms with Gasteiger partial charge in [-0.15, -0.1) is 0 Å². The first-order valence-electron chi connectivity index (χ1n) is 14.4. The van der Waals surface area contributed by atoms with Crippen LogP contribution in [0.5, 0.6) is 0 Å². The molecule has 1 N–H and O–H groups in total. The summed E-state index contributed by atoms with van der Waals surface area (Å²) in [7, 11) is 0. The van der Waals surface area contributed by atoms with E-state index in [-0.39, 0.29) is 18.4 Å². The minimum atomic E-state index is -1.82. The number of ether oxygens (including phenoxy) is 5. The van der Waals surface area contributed by atoms with Gasteiger partial charge < -0.3 is 28.8 Å². The Hall–Kier alpha value is -3.76. The van der Waals surface area contributed by atoms with E-state index in [2.05, 4.69) is 0 Å². The predicted octanol–water partition coefficient (Wildman–Crippen LogP) is 4.03. The molecule has 10 heteroatoms. The predicted molar refractivity (Wildman–Crippen MR) is 152 cm³/mol. The third-order valence-electron chi connectivity index (χ3n) is 9.46. The highest BCUT2D eigenvalue weighted by atomic mass is 16.6. The van der Waals surface area contributed by atoms with Gasteiger partial charge >= 0.3 is 23.9 Å². The molecule has 2 aromatic rings. The molecule has 10 nitrogen and oxygen atoms in total. The van der Waals surface area contributed by atoms with Crippen LogP contribution in [-0.2, 0) is 33.3 Å². The fraction of sp³-hybridized carbons (Fsp3) is 0.515. The van der Waals surface area contributed by atoms with E-state index in [1.807, 2.05) is 13.8 Å². The maximum Gasteiger partial charge on any atom is 0.338 e. The Morgan fingerprint density at radius 2 is 1.26 bits per heavy atom. The van der Waals surface area contributed by atoms with E-state index in [4.69, 9.17) is 23.7 Å². The Morgan fingerprint density at radius 3 is 1.77 bits per heavy atom. The molecule has 2 bridgehead atoms. The third kappa shape index (κ3) is 4.90. The van der Waals surface area contributed by atoms with Crippen LogP contribution < -0.4 is 0 Å². The van der Waals surface area contributed by atoms with E-state index in [0.29, 0.717) is 5.56 Å². The summed E-state index contributed by atoms with van der Waals surface area (Å²) < 4.78 is 30.9. The zero-order valence-corrected chi connectivity index (χ0v) is 25.2. The minimum absolute atomic E-state index is 0.143. The first-order valence-corrected chi connectivity index (χ1v) is 14.4. The maximum atomic E-state index is 13.6. The molecule has 1 saturated heterocycles. The second kappa shape index (κ2) is 10.7.